The van der Waals surface area contributed by atoms with E-state index in [1.165, 1.54) is 36.4 Å². The summed E-state index contributed by atoms with van der Waals surface area (Å²) >= 11 is 0. The van der Waals surface area contributed by atoms with Crippen LogP contribution in [-0.2, 0) is 0 Å². The topological polar surface area (TPSA) is 18.5 Å². The van der Waals surface area contributed by atoms with Gasteiger partial charge in [0.15, 0.2) is 0 Å². The molecule has 21 heavy (non-hydrogen) atoms. The Kier molecular flexibility index (Phi) is 5.51. The molecule has 0 spiro atoms. The lowest BCUT2D eigenvalue weighted by atomic mass is 10.1. The summed E-state index contributed by atoms with van der Waals surface area (Å²) in [5, 5.41) is 3.60. The van der Waals surface area contributed by atoms with Gasteiger partial charge in [0, 0.05) is 38.6 Å². The molecule has 1 N–H and O–H groups in total. The monoisotopic (exact) mass is 289 g/mol. The summed E-state index contributed by atoms with van der Waals surface area (Å²) in [4.78, 5) is 4.74. The number of anilines is 2. The fraction of sp³-hybridized carbons (Fsp3) is 0.667. The molecule has 0 aromatic heterocycles. The molecule has 1 unspecified atom stereocenters. The average Bonchev–Trinajstić information content (AvgIpc) is 2.87. The lowest BCUT2D eigenvalue weighted by Gasteiger charge is -2.23. The Bertz CT molecular complexity index is 454. The third-order valence-corrected chi connectivity index (χ3v) is 4.31. The first-order valence-electron chi connectivity index (χ1n) is 8.21. The van der Waals surface area contributed by atoms with Gasteiger partial charge in [0.1, 0.15) is 0 Å². The van der Waals surface area contributed by atoms with Crippen LogP contribution < -0.4 is 15.1 Å². The summed E-state index contributed by atoms with van der Waals surface area (Å²) in [6.45, 7) is 11.4. The van der Waals surface area contributed by atoms with Crippen LogP contribution in [-0.4, -0.2) is 40.3 Å². The van der Waals surface area contributed by atoms with Gasteiger partial charge in [-0.3, -0.25) is 0 Å². The molecule has 1 aliphatic heterocycles. The zero-order valence-electron chi connectivity index (χ0n) is 14.3. The Morgan fingerprint density at radius 2 is 2.10 bits per heavy atom. The van der Waals surface area contributed by atoms with Crippen LogP contribution in [0.15, 0.2) is 18.2 Å². The van der Waals surface area contributed by atoms with Gasteiger partial charge in [-0.25, -0.2) is 0 Å². The van der Waals surface area contributed by atoms with Gasteiger partial charge >= 0.3 is 0 Å². The third kappa shape index (κ3) is 4.37. The van der Waals surface area contributed by atoms with Crippen molar-refractivity contribution in [2.45, 2.75) is 27.2 Å². The fourth-order valence-corrected chi connectivity index (χ4v) is 3.09. The lowest BCUT2D eigenvalue weighted by molar-refractivity contribution is 0.477. The Labute approximate surface area is 130 Å². The highest BCUT2D eigenvalue weighted by Crippen LogP contribution is 2.29. The molecule has 1 aromatic rings. The molecule has 1 aliphatic rings. The molecule has 1 saturated heterocycles. The van der Waals surface area contributed by atoms with Crippen LogP contribution in [0, 0.1) is 18.8 Å². The third-order valence-electron chi connectivity index (χ3n) is 4.31. The predicted molar refractivity (Wildman–Crippen MR) is 93.5 cm³/mol. The van der Waals surface area contributed by atoms with E-state index >= 15 is 0 Å². The van der Waals surface area contributed by atoms with Crippen molar-refractivity contribution in [3.8, 4) is 0 Å². The number of nitrogens with one attached hydrogen (secondary N) is 1. The Hall–Kier alpha value is -1.22. The van der Waals surface area contributed by atoms with Crippen molar-refractivity contribution < 1.29 is 0 Å². The van der Waals surface area contributed by atoms with Crippen LogP contribution in [0.1, 0.15) is 25.8 Å². The van der Waals surface area contributed by atoms with Gasteiger partial charge in [-0.05, 0) is 56.0 Å². The zero-order chi connectivity index (χ0) is 15.4. The van der Waals surface area contributed by atoms with Gasteiger partial charge in [0.25, 0.3) is 0 Å². The SMILES string of the molecule is Cc1ccc(N2CCC(CNCC(C)C)C2)cc1N(C)C. The Morgan fingerprint density at radius 1 is 1.33 bits per heavy atom. The molecule has 0 amide bonds. The maximum atomic E-state index is 3.60. The Morgan fingerprint density at radius 3 is 2.76 bits per heavy atom. The van der Waals surface area contributed by atoms with Crippen molar-refractivity contribution in [1.29, 1.82) is 0 Å². The predicted octanol–water partition coefficient (Wildman–Crippen LogP) is 3.13. The van der Waals surface area contributed by atoms with Crippen molar-refractivity contribution >= 4 is 11.4 Å². The van der Waals surface area contributed by atoms with E-state index in [2.05, 4.69) is 68.2 Å². The lowest BCUT2D eigenvalue weighted by Crippen LogP contribution is -2.28. The van der Waals surface area contributed by atoms with Crippen molar-refractivity contribution in [2.24, 2.45) is 11.8 Å². The minimum absolute atomic E-state index is 0.738. The largest absolute Gasteiger partial charge is 0.377 e. The molecule has 1 heterocycles. The second-order valence-electron chi connectivity index (χ2n) is 7.02. The molecule has 0 saturated carbocycles. The first kappa shape index (κ1) is 16.2. The second-order valence-corrected chi connectivity index (χ2v) is 7.02. The fourth-order valence-electron chi connectivity index (χ4n) is 3.09. The van der Waals surface area contributed by atoms with Crippen LogP contribution in [0.3, 0.4) is 0 Å². The number of benzene rings is 1. The molecule has 0 aliphatic carbocycles. The van der Waals surface area contributed by atoms with Crippen molar-refractivity contribution in [3.05, 3.63) is 23.8 Å². The van der Waals surface area contributed by atoms with E-state index in [4.69, 9.17) is 0 Å². The summed E-state index contributed by atoms with van der Waals surface area (Å²) in [6.07, 6.45) is 1.30. The molecule has 1 aromatic carbocycles. The highest BCUT2D eigenvalue weighted by molar-refractivity contribution is 5.63. The van der Waals surface area contributed by atoms with Crippen LogP contribution in [0.25, 0.3) is 0 Å². The zero-order valence-corrected chi connectivity index (χ0v) is 14.3. The van der Waals surface area contributed by atoms with Gasteiger partial charge in [0.2, 0.25) is 0 Å². The van der Waals surface area contributed by atoms with Crippen LogP contribution in [0.5, 0.6) is 0 Å². The number of rotatable bonds is 6. The smallest absolute Gasteiger partial charge is 0.0411 e. The summed E-state index contributed by atoms with van der Waals surface area (Å²) in [7, 11) is 4.24. The molecule has 3 nitrogen and oxygen atoms in total. The molecular formula is C18H31N3. The highest BCUT2D eigenvalue weighted by Gasteiger charge is 2.22. The number of hydrogen-bond donors (Lipinski definition) is 1. The maximum Gasteiger partial charge on any atom is 0.0411 e. The Balaban J connectivity index is 1.93. The molecule has 118 valence electrons. The van der Waals surface area contributed by atoms with Crippen LogP contribution in [0.2, 0.25) is 0 Å². The number of aryl methyl sites for hydroxylation is 1. The quantitative estimate of drug-likeness (QED) is 0.868. The first-order valence-corrected chi connectivity index (χ1v) is 8.21. The average molecular weight is 289 g/mol. The van der Waals surface area contributed by atoms with Crippen LogP contribution in [0.4, 0.5) is 11.4 Å². The van der Waals surface area contributed by atoms with E-state index < -0.39 is 0 Å². The summed E-state index contributed by atoms with van der Waals surface area (Å²) < 4.78 is 0. The van der Waals surface area contributed by atoms with Gasteiger partial charge in [-0.15, -0.1) is 0 Å². The molecule has 3 heteroatoms. The molecule has 1 fully saturated rings. The molecule has 1 atom stereocenters. The normalized spacial score (nSPS) is 18.6. The van der Waals surface area contributed by atoms with E-state index in [0.717, 1.165) is 24.9 Å². The number of nitrogens with zero attached hydrogens (tertiary/aromatic N) is 2. The second kappa shape index (κ2) is 7.17. The van der Waals surface area contributed by atoms with Gasteiger partial charge in [0.05, 0.1) is 0 Å². The molecule has 2 rings (SSSR count). The summed E-state index contributed by atoms with van der Waals surface area (Å²) in [5.74, 6) is 1.52. The molecule has 0 radical (unpaired) electrons. The van der Waals surface area contributed by atoms with Gasteiger partial charge in [-0.1, -0.05) is 19.9 Å². The standard InChI is InChI=1S/C18H31N3/c1-14(2)11-19-12-16-8-9-21(13-16)17-7-6-15(3)18(10-17)20(4)5/h6-7,10,14,16,19H,8-9,11-13H2,1-5H3. The van der Waals surface area contributed by atoms with Crippen molar-refractivity contribution in [1.82, 2.24) is 5.32 Å². The summed E-state index contributed by atoms with van der Waals surface area (Å²) in [5.41, 5.74) is 4.04. The van der Waals surface area contributed by atoms with Crippen molar-refractivity contribution in [3.63, 3.8) is 0 Å². The highest BCUT2D eigenvalue weighted by atomic mass is 15.2. The van der Waals surface area contributed by atoms with Gasteiger partial charge in [-0.2, -0.15) is 0 Å². The van der Waals surface area contributed by atoms with Crippen molar-refractivity contribution in [2.75, 3.05) is 50.1 Å². The molecular weight excluding hydrogens is 258 g/mol. The summed E-state index contributed by atoms with van der Waals surface area (Å²) in [6, 6.07) is 6.85. The molecule has 0 bridgehead atoms. The minimum Gasteiger partial charge on any atom is -0.377 e. The minimum atomic E-state index is 0.738. The van der Waals surface area contributed by atoms with E-state index in [1.54, 1.807) is 0 Å². The van der Waals surface area contributed by atoms with E-state index in [1.807, 2.05) is 0 Å². The van der Waals surface area contributed by atoms with E-state index in [0.29, 0.717) is 0 Å². The van der Waals surface area contributed by atoms with E-state index in [-0.39, 0.29) is 0 Å². The number of hydrogen-bond acceptors (Lipinski definition) is 3. The van der Waals surface area contributed by atoms with E-state index in [9.17, 15) is 0 Å². The van der Waals surface area contributed by atoms with Gasteiger partial charge < -0.3 is 15.1 Å². The first-order chi connectivity index (χ1) is 9.97. The van der Waals surface area contributed by atoms with Crippen LogP contribution >= 0.6 is 0 Å². The maximum absolute atomic E-state index is 3.60.